The summed E-state index contributed by atoms with van der Waals surface area (Å²) in [6, 6.07) is 1.00. The van der Waals surface area contributed by atoms with Crippen LogP contribution in [0.3, 0.4) is 0 Å². The smallest absolute Gasteiger partial charge is 0.0584 e. The van der Waals surface area contributed by atoms with Crippen molar-refractivity contribution in [2.45, 2.75) is 52.1 Å². The molecule has 1 aliphatic carbocycles. The molecule has 0 amide bonds. The van der Waals surface area contributed by atoms with Crippen molar-refractivity contribution in [1.82, 2.24) is 5.32 Å². The van der Waals surface area contributed by atoms with Crippen LogP contribution in [0.4, 0.5) is 0 Å². The van der Waals surface area contributed by atoms with E-state index in [0.29, 0.717) is 17.5 Å². The third kappa shape index (κ3) is 4.07. The molecule has 0 aromatic carbocycles. The van der Waals surface area contributed by atoms with Crippen molar-refractivity contribution < 1.29 is 5.11 Å². The van der Waals surface area contributed by atoms with E-state index in [9.17, 15) is 0 Å². The molecule has 0 aliphatic heterocycles. The monoisotopic (exact) mass is 171 g/mol. The minimum Gasteiger partial charge on any atom is -0.395 e. The van der Waals surface area contributed by atoms with Crippen LogP contribution < -0.4 is 5.32 Å². The number of rotatable bonds is 4. The van der Waals surface area contributed by atoms with Gasteiger partial charge in [0, 0.05) is 12.1 Å². The third-order valence-electron chi connectivity index (χ3n) is 2.13. The molecule has 12 heavy (non-hydrogen) atoms. The summed E-state index contributed by atoms with van der Waals surface area (Å²) in [5.41, 5.74) is 0.315. The maximum Gasteiger partial charge on any atom is 0.0584 e. The molecule has 1 saturated carbocycles. The molecular weight excluding hydrogens is 150 g/mol. The summed E-state index contributed by atoms with van der Waals surface area (Å²) in [5.74, 6) is 0. The molecule has 1 atom stereocenters. The molecule has 0 spiro atoms. The predicted octanol–water partition coefficient (Wildman–Crippen LogP) is 1.54. The van der Waals surface area contributed by atoms with Crippen molar-refractivity contribution in [3.8, 4) is 0 Å². The number of aliphatic hydroxyl groups is 1. The molecule has 0 saturated heterocycles. The lowest BCUT2D eigenvalue weighted by molar-refractivity contribution is 0.197. The lowest BCUT2D eigenvalue weighted by Gasteiger charge is -2.25. The normalized spacial score (nSPS) is 21.0. The number of aliphatic hydroxyl groups excluding tert-OH is 1. The van der Waals surface area contributed by atoms with E-state index in [2.05, 4.69) is 26.1 Å². The Bertz CT molecular complexity index is 135. The highest BCUT2D eigenvalue weighted by Crippen LogP contribution is 2.24. The summed E-state index contributed by atoms with van der Waals surface area (Å²) in [6.45, 7) is 6.91. The van der Waals surface area contributed by atoms with Gasteiger partial charge in [0.15, 0.2) is 0 Å². The van der Waals surface area contributed by atoms with Crippen LogP contribution in [0.1, 0.15) is 40.0 Å². The van der Waals surface area contributed by atoms with E-state index in [-0.39, 0.29) is 6.61 Å². The zero-order valence-corrected chi connectivity index (χ0v) is 8.43. The van der Waals surface area contributed by atoms with Gasteiger partial charge < -0.3 is 10.4 Å². The van der Waals surface area contributed by atoms with E-state index in [0.717, 1.165) is 6.42 Å². The van der Waals surface area contributed by atoms with Crippen molar-refractivity contribution in [3.05, 3.63) is 0 Å². The lowest BCUT2D eigenvalue weighted by atomic mass is 9.88. The molecule has 0 radical (unpaired) electrons. The fourth-order valence-electron chi connectivity index (χ4n) is 1.50. The predicted molar refractivity (Wildman–Crippen MR) is 51.1 cm³/mol. The first-order valence-electron chi connectivity index (χ1n) is 4.88. The quantitative estimate of drug-likeness (QED) is 0.672. The maximum absolute atomic E-state index is 9.10. The maximum atomic E-state index is 9.10. The van der Waals surface area contributed by atoms with Crippen molar-refractivity contribution >= 4 is 0 Å². The van der Waals surface area contributed by atoms with Gasteiger partial charge in [0.25, 0.3) is 0 Å². The second kappa shape index (κ2) is 3.75. The zero-order valence-electron chi connectivity index (χ0n) is 8.43. The molecule has 72 valence electrons. The second-order valence-electron chi connectivity index (χ2n) is 5.09. The van der Waals surface area contributed by atoms with Gasteiger partial charge in [-0.1, -0.05) is 20.8 Å². The highest BCUT2D eigenvalue weighted by Gasteiger charge is 2.26. The summed E-state index contributed by atoms with van der Waals surface area (Å²) in [7, 11) is 0. The largest absolute Gasteiger partial charge is 0.395 e. The van der Waals surface area contributed by atoms with Crippen molar-refractivity contribution in [1.29, 1.82) is 0 Å². The van der Waals surface area contributed by atoms with Crippen LogP contribution in [0.25, 0.3) is 0 Å². The number of hydrogen-bond donors (Lipinski definition) is 2. The average molecular weight is 171 g/mol. The minimum atomic E-state index is 0.272. The lowest BCUT2D eigenvalue weighted by Crippen LogP contribution is -2.37. The molecule has 0 bridgehead atoms. The van der Waals surface area contributed by atoms with Crippen molar-refractivity contribution in [3.63, 3.8) is 0 Å². The molecule has 1 rings (SSSR count). The summed E-state index contributed by atoms with van der Waals surface area (Å²) in [5, 5.41) is 12.6. The van der Waals surface area contributed by atoms with Crippen LogP contribution in [-0.4, -0.2) is 23.8 Å². The molecule has 2 N–H and O–H groups in total. The molecular formula is C10H21NO. The Morgan fingerprint density at radius 2 is 2.00 bits per heavy atom. The van der Waals surface area contributed by atoms with Gasteiger partial charge in [-0.05, 0) is 24.7 Å². The van der Waals surface area contributed by atoms with Gasteiger partial charge in [0.05, 0.1) is 6.61 Å². The molecule has 1 unspecified atom stereocenters. The summed E-state index contributed by atoms with van der Waals surface area (Å²) in [4.78, 5) is 0. The highest BCUT2D eigenvalue weighted by molar-refractivity contribution is 4.86. The molecule has 1 fully saturated rings. The third-order valence-corrected chi connectivity index (χ3v) is 2.13. The summed E-state index contributed by atoms with van der Waals surface area (Å²) in [6.07, 6.45) is 3.64. The van der Waals surface area contributed by atoms with Crippen LogP contribution in [0, 0.1) is 5.41 Å². The van der Waals surface area contributed by atoms with Crippen LogP contribution in [0.2, 0.25) is 0 Å². The van der Waals surface area contributed by atoms with E-state index in [4.69, 9.17) is 5.11 Å². The Balaban J connectivity index is 2.23. The Morgan fingerprint density at radius 1 is 1.42 bits per heavy atom. The molecule has 0 heterocycles. The first-order chi connectivity index (χ1) is 5.51. The van der Waals surface area contributed by atoms with E-state index in [1.165, 1.54) is 12.8 Å². The molecule has 1 aliphatic rings. The summed E-state index contributed by atoms with van der Waals surface area (Å²) >= 11 is 0. The van der Waals surface area contributed by atoms with Gasteiger partial charge >= 0.3 is 0 Å². The van der Waals surface area contributed by atoms with Crippen LogP contribution in [0.5, 0.6) is 0 Å². The van der Waals surface area contributed by atoms with Crippen molar-refractivity contribution in [2.24, 2.45) is 5.41 Å². The number of hydrogen-bond acceptors (Lipinski definition) is 2. The molecule has 2 nitrogen and oxygen atoms in total. The Labute approximate surface area is 75.4 Å². The molecule has 0 aromatic rings. The summed E-state index contributed by atoms with van der Waals surface area (Å²) < 4.78 is 0. The topological polar surface area (TPSA) is 32.3 Å². The fourth-order valence-corrected chi connectivity index (χ4v) is 1.50. The van der Waals surface area contributed by atoms with Gasteiger partial charge in [-0.3, -0.25) is 0 Å². The SMILES string of the molecule is CC(C)(C)CC(CO)NC1CC1. The Hall–Kier alpha value is -0.0800. The molecule has 2 heteroatoms. The minimum absolute atomic E-state index is 0.272. The van der Waals surface area contributed by atoms with E-state index >= 15 is 0 Å². The highest BCUT2D eigenvalue weighted by atomic mass is 16.3. The van der Waals surface area contributed by atoms with Gasteiger partial charge in [-0.25, -0.2) is 0 Å². The fraction of sp³-hybridized carbons (Fsp3) is 1.00. The first-order valence-corrected chi connectivity index (χ1v) is 4.88. The Kier molecular flexibility index (Phi) is 3.13. The Morgan fingerprint density at radius 3 is 2.33 bits per heavy atom. The van der Waals surface area contributed by atoms with Gasteiger partial charge in [-0.2, -0.15) is 0 Å². The van der Waals surface area contributed by atoms with Crippen LogP contribution in [0.15, 0.2) is 0 Å². The van der Waals surface area contributed by atoms with Crippen LogP contribution in [-0.2, 0) is 0 Å². The van der Waals surface area contributed by atoms with Gasteiger partial charge in [-0.15, -0.1) is 0 Å². The molecule has 0 aromatic heterocycles. The van der Waals surface area contributed by atoms with Crippen LogP contribution >= 0.6 is 0 Å². The van der Waals surface area contributed by atoms with E-state index < -0.39 is 0 Å². The second-order valence-corrected chi connectivity index (χ2v) is 5.09. The zero-order chi connectivity index (χ0) is 9.19. The van der Waals surface area contributed by atoms with Crippen molar-refractivity contribution in [2.75, 3.05) is 6.61 Å². The standard InChI is InChI=1S/C10H21NO/c1-10(2,3)6-9(7-12)11-8-4-5-8/h8-9,11-12H,4-7H2,1-3H3. The van der Waals surface area contributed by atoms with E-state index in [1.54, 1.807) is 0 Å². The first kappa shape index (κ1) is 10.0. The average Bonchev–Trinajstić information content (AvgIpc) is 2.67. The van der Waals surface area contributed by atoms with Gasteiger partial charge in [0.2, 0.25) is 0 Å². The van der Waals surface area contributed by atoms with E-state index in [1.807, 2.05) is 0 Å². The van der Waals surface area contributed by atoms with Gasteiger partial charge in [0.1, 0.15) is 0 Å². The number of nitrogens with one attached hydrogen (secondary N) is 1.